The van der Waals surface area contributed by atoms with Crippen LogP contribution in [0, 0.1) is 5.92 Å². The second kappa shape index (κ2) is 2.85. The predicted molar refractivity (Wildman–Crippen MR) is 41.6 cm³/mol. The molecule has 10 heavy (non-hydrogen) atoms. The fourth-order valence-corrected chi connectivity index (χ4v) is 1.93. The number of aliphatic carboxylic acids is 1. The molecule has 3 atom stereocenters. The van der Waals surface area contributed by atoms with Crippen molar-refractivity contribution in [1.29, 1.82) is 0 Å². The van der Waals surface area contributed by atoms with Crippen LogP contribution in [0.15, 0.2) is 0 Å². The average Bonchev–Trinajstić information content (AvgIpc) is 2.11. The molecule has 1 aliphatic rings. The number of rotatable bonds is 1. The summed E-state index contributed by atoms with van der Waals surface area (Å²) in [5.41, 5.74) is 0. The Morgan fingerprint density at radius 3 is 2.60 bits per heavy atom. The minimum atomic E-state index is -0.708. The summed E-state index contributed by atoms with van der Waals surface area (Å²) < 4.78 is 1.81. The summed E-state index contributed by atoms with van der Waals surface area (Å²) in [5, 5.41) is 8.70. The monoisotopic (exact) mass is 161 g/mol. The zero-order valence-corrected chi connectivity index (χ0v) is 7.10. The first kappa shape index (κ1) is 7.96. The van der Waals surface area contributed by atoms with Crippen LogP contribution in [0.3, 0.4) is 0 Å². The highest BCUT2D eigenvalue weighted by atomic mass is 31.0. The molecule has 1 unspecified atom stereocenters. The molecule has 0 aromatic rings. The Labute approximate surface area is 62.7 Å². The van der Waals surface area contributed by atoms with E-state index in [1.54, 1.807) is 0 Å². The molecule has 0 amide bonds. The summed E-state index contributed by atoms with van der Waals surface area (Å²) in [6, 6.07) is -0.287. The van der Waals surface area contributed by atoms with Gasteiger partial charge in [-0.25, -0.2) is 0 Å². The quantitative estimate of drug-likeness (QED) is 0.571. The van der Waals surface area contributed by atoms with E-state index in [4.69, 9.17) is 5.11 Å². The Kier molecular flexibility index (Phi) is 2.27. The van der Waals surface area contributed by atoms with Crippen LogP contribution in [-0.2, 0) is 4.79 Å². The molecular formula is C6H12NO2P. The first-order valence-electron chi connectivity index (χ1n) is 3.37. The van der Waals surface area contributed by atoms with Crippen molar-refractivity contribution in [3.05, 3.63) is 0 Å². The number of carboxylic acids is 1. The normalized spacial score (nSPS) is 34.6. The van der Waals surface area contributed by atoms with Crippen LogP contribution in [-0.4, -0.2) is 28.3 Å². The maximum atomic E-state index is 10.6. The van der Waals surface area contributed by atoms with Gasteiger partial charge in [0.05, 0.1) is 0 Å². The van der Waals surface area contributed by atoms with E-state index in [-0.39, 0.29) is 12.0 Å². The summed E-state index contributed by atoms with van der Waals surface area (Å²) in [6.07, 6.45) is 0.987. The minimum Gasteiger partial charge on any atom is -0.480 e. The number of nitrogens with zero attached hydrogens (tertiary/aromatic N) is 1. The van der Waals surface area contributed by atoms with Gasteiger partial charge in [-0.2, -0.15) is 0 Å². The minimum absolute atomic E-state index is 0.287. The summed E-state index contributed by atoms with van der Waals surface area (Å²) in [7, 11) is 2.46. The highest BCUT2D eigenvalue weighted by Crippen LogP contribution is 2.26. The van der Waals surface area contributed by atoms with Crippen LogP contribution in [0.1, 0.15) is 13.3 Å². The summed E-state index contributed by atoms with van der Waals surface area (Å²) in [5.74, 6) is -0.421. The van der Waals surface area contributed by atoms with Crippen LogP contribution in [0.5, 0.6) is 0 Å². The maximum absolute atomic E-state index is 10.6. The van der Waals surface area contributed by atoms with E-state index >= 15 is 0 Å². The van der Waals surface area contributed by atoms with Crippen molar-refractivity contribution in [1.82, 2.24) is 4.67 Å². The average molecular weight is 161 g/mol. The molecule has 0 aliphatic carbocycles. The Morgan fingerprint density at radius 2 is 2.40 bits per heavy atom. The number of carbonyl (C=O) groups is 1. The molecule has 3 nitrogen and oxygen atoms in total. The maximum Gasteiger partial charge on any atom is 0.321 e. The van der Waals surface area contributed by atoms with Gasteiger partial charge in [-0.15, -0.1) is 0 Å². The molecule has 1 aliphatic heterocycles. The third-order valence-corrected chi connectivity index (χ3v) is 2.57. The van der Waals surface area contributed by atoms with Gasteiger partial charge in [-0.05, 0) is 12.3 Å². The van der Waals surface area contributed by atoms with Crippen LogP contribution in [0.4, 0.5) is 0 Å². The van der Waals surface area contributed by atoms with Gasteiger partial charge >= 0.3 is 5.97 Å². The number of carboxylic acid groups (broad SMARTS) is 1. The molecule has 1 rings (SSSR count). The Balaban J connectivity index is 2.63. The lowest BCUT2D eigenvalue weighted by atomic mass is 10.0. The lowest BCUT2D eigenvalue weighted by molar-refractivity contribution is -0.141. The lowest BCUT2D eigenvalue weighted by Crippen LogP contribution is -2.32. The number of hydrogen-bond acceptors (Lipinski definition) is 2. The summed E-state index contributed by atoms with van der Waals surface area (Å²) in [4.78, 5) is 10.6. The molecule has 1 saturated heterocycles. The van der Waals surface area contributed by atoms with Crippen molar-refractivity contribution in [2.24, 2.45) is 5.92 Å². The number of hydrogen-bond donors (Lipinski definition) is 1. The molecule has 0 aromatic heterocycles. The van der Waals surface area contributed by atoms with E-state index in [1.165, 1.54) is 0 Å². The zero-order valence-electron chi connectivity index (χ0n) is 5.95. The van der Waals surface area contributed by atoms with E-state index in [0.717, 1.165) is 13.0 Å². The molecule has 0 spiro atoms. The van der Waals surface area contributed by atoms with Gasteiger partial charge in [0.1, 0.15) is 6.04 Å². The molecule has 1 N–H and O–H groups in total. The van der Waals surface area contributed by atoms with Crippen molar-refractivity contribution in [3.8, 4) is 0 Å². The Bertz CT molecular complexity index is 141. The van der Waals surface area contributed by atoms with Crippen LogP contribution in [0.2, 0.25) is 0 Å². The van der Waals surface area contributed by atoms with Gasteiger partial charge in [0.15, 0.2) is 0 Å². The Hall–Kier alpha value is -0.140. The van der Waals surface area contributed by atoms with Gasteiger partial charge in [0.2, 0.25) is 0 Å². The molecule has 0 saturated carbocycles. The van der Waals surface area contributed by atoms with Gasteiger partial charge in [-0.3, -0.25) is 9.46 Å². The fraction of sp³-hybridized carbons (Fsp3) is 0.833. The van der Waals surface area contributed by atoms with E-state index in [0.29, 0.717) is 0 Å². The molecule has 1 fully saturated rings. The zero-order chi connectivity index (χ0) is 7.72. The molecule has 4 heteroatoms. The van der Waals surface area contributed by atoms with E-state index in [1.807, 2.05) is 11.6 Å². The van der Waals surface area contributed by atoms with Crippen molar-refractivity contribution < 1.29 is 9.90 Å². The largest absolute Gasteiger partial charge is 0.480 e. The highest BCUT2D eigenvalue weighted by Gasteiger charge is 2.34. The third kappa shape index (κ3) is 1.30. The highest BCUT2D eigenvalue weighted by molar-refractivity contribution is 7.13. The van der Waals surface area contributed by atoms with E-state index in [9.17, 15) is 4.79 Å². The third-order valence-electron chi connectivity index (χ3n) is 1.99. The van der Waals surface area contributed by atoms with Crippen LogP contribution in [0.25, 0.3) is 0 Å². The first-order valence-corrected chi connectivity index (χ1v) is 3.88. The molecule has 1 heterocycles. The first-order chi connectivity index (χ1) is 4.63. The molecular weight excluding hydrogens is 149 g/mol. The molecule has 0 aromatic carbocycles. The summed E-state index contributed by atoms with van der Waals surface area (Å²) >= 11 is 0. The van der Waals surface area contributed by atoms with Gasteiger partial charge in [-0.1, -0.05) is 16.3 Å². The van der Waals surface area contributed by atoms with E-state index < -0.39 is 5.97 Å². The Morgan fingerprint density at radius 1 is 1.80 bits per heavy atom. The molecule has 58 valence electrons. The summed E-state index contributed by atoms with van der Waals surface area (Å²) in [6.45, 7) is 2.85. The van der Waals surface area contributed by atoms with Crippen molar-refractivity contribution >= 4 is 15.4 Å². The van der Waals surface area contributed by atoms with Crippen molar-refractivity contribution in [2.75, 3.05) is 6.54 Å². The fourth-order valence-electron chi connectivity index (χ4n) is 1.36. The van der Waals surface area contributed by atoms with Crippen LogP contribution >= 0.6 is 9.39 Å². The van der Waals surface area contributed by atoms with Crippen LogP contribution < -0.4 is 0 Å². The topological polar surface area (TPSA) is 40.5 Å². The SMILES string of the molecule is C[C@H]1CCN(P)[C@@H]1C(=O)O. The van der Waals surface area contributed by atoms with Gasteiger partial charge in [0.25, 0.3) is 0 Å². The molecule has 0 bridgehead atoms. The predicted octanol–water partition coefficient (Wildman–Crippen LogP) is 0.571. The van der Waals surface area contributed by atoms with Gasteiger partial charge < -0.3 is 5.11 Å². The van der Waals surface area contributed by atoms with Crippen molar-refractivity contribution in [2.45, 2.75) is 19.4 Å². The van der Waals surface area contributed by atoms with Crippen molar-refractivity contribution in [3.63, 3.8) is 0 Å². The van der Waals surface area contributed by atoms with E-state index in [2.05, 4.69) is 9.39 Å². The van der Waals surface area contributed by atoms with Gasteiger partial charge in [0, 0.05) is 6.54 Å². The second-order valence-corrected chi connectivity index (χ2v) is 3.45. The lowest BCUT2D eigenvalue weighted by Gasteiger charge is -2.16. The smallest absolute Gasteiger partial charge is 0.321 e. The standard InChI is InChI=1S/C6H12NO2P/c1-4-2-3-7(10)5(4)6(8)9/h4-5H,2-3,10H2,1H3,(H,8,9)/t4-,5-/m0/s1. The second-order valence-electron chi connectivity index (χ2n) is 2.79. The molecule has 0 radical (unpaired) electrons.